The average molecular weight is 338 g/mol. The Hall–Kier alpha value is -2.55. The molecule has 0 aliphatic heterocycles. The van der Waals surface area contributed by atoms with Crippen LogP contribution in [-0.4, -0.2) is 5.78 Å². The first-order valence-corrected chi connectivity index (χ1v) is 8.42. The SMILES string of the molecule is Cc1ccc(/C=C2\CCC/C(=C\c3ccc(C)c(F)c3)C2=O)cc1F. The smallest absolute Gasteiger partial charge is 0.185 e. The summed E-state index contributed by atoms with van der Waals surface area (Å²) in [6.07, 6.45) is 5.72. The van der Waals surface area contributed by atoms with E-state index in [0.717, 1.165) is 6.42 Å². The Bertz CT molecular complexity index is 819. The average Bonchev–Trinajstić information content (AvgIpc) is 2.58. The van der Waals surface area contributed by atoms with Crippen molar-refractivity contribution in [3.05, 3.63) is 81.4 Å². The quantitative estimate of drug-likeness (QED) is 0.632. The molecule has 1 fully saturated rings. The van der Waals surface area contributed by atoms with Gasteiger partial charge >= 0.3 is 0 Å². The Morgan fingerprint density at radius 2 is 1.24 bits per heavy atom. The molecule has 0 aromatic heterocycles. The molecular weight excluding hydrogens is 318 g/mol. The van der Waals surface area contributed by atoms with Gasteiger partial charge in [0.1, 0.15) is 11.6 Å². The van der Waals surface area contributed by atoms with Gasteiger partial charge in [0, 0.05) is 11.1 Å². The highest BCUT2D eigenvalue weighted by Crippen LogP contribution is 2.28. The highest BCUT2D eigenvalue weighted by atomic mass is 19.1. The molecule has 3 rings (SSSR count). The van der Waals surface area contributed by atoms with E-state index in [2.05, 4.69) is 0 Å². The van der Waals surface area contributed by atoms with Gasteiger partial charge in [-0.2, -0.15) is 0 Å². The van der Waals surface area contributed by atoms with Gasteiger partial charge in [-0.25, -0.2) is 8.78 Å². The van der Waals surface area contributed by atoms with Crippen LogP contribution >= 0.6 is 0 Å². The van der Waals surface area contributed by atoms with Gasteiger partial charge in [-0.1, -0.05) is 24.3 Å². The first kappa shape index (κ1) is 17.3. The number of carbonyl (C=O) groups is 1. The van der Waals surface area contributed by atoms with Crippen LogP contribution in [0.5, 0.6) is 0 Å². The molecule has 25 heavy (non-hydrogen) atoms. The number of rotatable bonds is 2. The van der Waals surface area contributed by atoms with Crippen LogP contribution in [0.3, 0.4) is 0 Å². The van der Waals surface area contributed by atoms with E-state index >= 15 is 0 Å². The highest BCUT2D eigenvalue weighted by Gasteiger charge is 2.20. The number of benzene rings is 2. The van der Waals surface area contributed by atoms with E-state index in [-0.39, 0.29) is 17.4 Å². The van der Waals surface area contributed by atoms with Crippen LogP contribution in [0.1, 0.15) is 41.5 Å². The van der Waals surface area contributed by atoms with Crippen molar-refractivity contribution in [3.8, 4) is 0 Å². The van der Waals surface area contributed by atoms with Gasteiger partial charge in [0.05, 0.1) is 0 Å². The third-order valence-corrected chi connectivity index (χ3v) is 4.55. The lowest BCUT2D eigenvalue weighted by Gasteiger charge is -2.16. The predicted molar refractivity (Wildman–Crippen MR) is 97.1 cm³/mol. The second kappa shape index (κ2) is 7.14. The van der Waals surface area contributed by atoms with Crippen LogP contribution in [0.25, 0.3) is 12.2 Å². The summed E-state index contributed by atoms with van der Waals surface area (Å²) in [5, 5.41) is 0. The number of ketones is 1. The van der Waals surface area contributed by atoms with Gasteiger partial charge in [-0.3, -0.25) is 4.79 Å². The molecular formula is C22H20F2O. The minimum Gasteiger partial charge on any atom is -0.289 e. The predicted octanol–water partition coefficient (Wildman–Crippen LogP) is 5.80. The summed E-state index contributed by atoms with van der Waals surface area (Å²) in [6, 6.07) is 9.94. The summed E-state index contributed by atoms with van der Waals surface area (Å²) in [7, 11) is 0. The molecule has 1 aliphatic rings. The van der Waals surface area contributed by atoms with Crippen LogP contribution in [-0.2, 0) is 4.79 Å². The van der Waals surface area contributed by atoms with Gasteiger partial charge < -0.3 is 0 Å². The maximum atomic E-state index is 13.7. The van der Waals surface area contributed by atoms with Gasteiger partial charge in [0.15, 0.2) is 5.78 Å². The molecule has 0 saturated heterocycles. The second-order valence-corrected chi connectivity index (χ2v) is 6.54. The molecule has 3 heteroatoms. The Labute approximate surface area is 146 Å². The van der Waals surface area contributed by atoms with Crippen molar-refractivity contribution >= 4 is 17.9 Å². The Balaban J connectivity index is 1.89. The minimum absolute atomic E-state index is 0.0341. The first-order chi connectivity index (χ1) is 11.9. The number of halogens is 2. The van der Waals surface area contributed by atoms with Crippen LogP contribution in [0.15, 0.2) is 47.5 Å². The monoisotopic (exact) mass is 338 g/mol. The van der Waals surface area contributed by atoms with Crippen LogP contribution < -0.4 is 0 Å². The zero-order valence-electron chi connectivity index (χ0n) is 14.4. The Morgan fingerprint density at radius 3 is 1.64 bits per heavy atom. The molecule has 0 unspecified atom stereocenters. The highest BCUT2D eigenvalue weighted by molar-refractivity contribution is 6.13. The minimum atomic E-state index is -0.275. The van der Waals surface area contributed by atoms with E-state index in [9.17, 15) is 13.6 Å². The third-order valence-electron chi connectivity index (χ3n) is 4.55. The molecule has 2 aromatic rings. The lowest BCUT2D eigenvalue weighted by Crippen LogP contribution is -2.12. The fourth-order valence-electron chi connectivity index (χ4n) is 2.98. The fourth-order valence-corrected chi connectivity index (χ4v) is 2.98. The zero-order chi connectivity index (χ0) is 18.0. The molecule has 1 saturated carbocycles. The van der Waals surface area contributed by atoms with E-state index in [0.29, 0.717) is 46.2 Å². The molecule has 128 valence electrons. The standard InChI is InChI=1S/C22H20F2O/c1-14-6-8-16(12-20(14)23)10-18-4-3-5-19(22(18)25)11-17-9-7-15(2)21(24)13-17/h6-13H,3-5H2,1-2H3/b18-10+,19-11+. The molecule has 0 radical (unpaired) electrons. The van der Waals surface area contributed by atoms with Crippen molar-refractivity contribution in [1.82, 2.24) is 0 Å². The summed E-state index contributed by atoms with van der Waals surface area (Å²) in [4.78, 5) is 12.7. The second-order valence-electron chi connectivity index (χ2n) is 6.54. The topological polar surface area (TPSA) is 17.1 Å². The summed E-state index contributed by atoms with van der Waals surface area (Å²) in [5.41, 5.74) is 3.89. The molecule has 0 atom stereocenters. The maximum absolute atomic E-state index is 13.7. The number of Topliss-reactive ketones (excluding diaryl/α,β-unsaturated/α-hetero) is 1. The summed E-state index contributed by atoms with van der Waals surface area (Å²) >= 11 is 0. The Morgan fingerprint density at radius 1 is 0.800 bits per heavy atom. The van der Waals surface area contributed by atoms with E-state index in [1.165, 1.54) is 12.1 Å². The van der Waals surface area contributed by atoms with Crippen LogP contribution in [0, 0.1) is 25.5 Å². The normalized spacial score (nSPS) is 18.2. The maximum Gasteiger partial charge on any atom is 0.185 e. The van der Waals surface area contributed by atoms with Crippen molar-refractivity contribution in [2.75, 3.05) is 0 Å². The summed E-state index contributed by atoms with van der Waals surface area (Å²) in [6.45, 7) is 3.42. The lowest BCUT2D eigenvalue weighted by atomic mass is 9.86. The van der Waals surface area contributed by atoms with Crippen molar-refractivity contribution in [1.29, 1.82) is 0 Å². The van der Waals surface area contributed by atoms with Gasteiger partial charge in [-0.15, -0.1) is 0 Å². The Kier molecular flexibility index (Phi) is 4.93. The van der Waals surface area contributed by atoms with Gasteiger partial charge in [0.2, 0.25) is 0 Å². The number of allylic oxidation sites excluding steroid dienone is 2. The lowest BCUT2D eigenvalue weighted by molar-refractivity contribution is -0.112. The van der Waals surface area contributed by atoms with Gasteiger partial charge in [0.25, 0.3) is 0 Å². The first-order valence-electron chi connectivity index (χ1n) is 8.42. The number of carbonyl (C=O) groups excluding carboxylic acids is 1. The van der Waals surface area contributed by atoms with E-state index in [4.69, 9.17) is 0 Å². The molecule has 0 N–H and O–H groups in total. The van der Waals surface area contributed by atoms with Crippen molar-refractivity contribution in [2.24, 2.45) is 0 Å². The van der Waals surface area contributed by atoms with Crippen molar-refractivity contribution in [2.45, 2.75) is 33.1 Å². The third kappa shape index (κ3) is 3.93. The van der Waals surface area contributed by atoms with Crippen molar-refractivity contribution in [3.63, 3.8) is 0 Å². The molecule has 2 aromatic carbocycles. The van der Waals surface area contributed by atoms with E-state index in [1.807, 2.05) is 12.1 Å². The zero-order valence-corrected chi connectivity index (χ0v) is 14.4. The number of aryl methyl sites for hydroxylation is 2. The van der Waals surface area contributed by atoms with E-state index in [1.54, 1.807) is 38.1 Å². The molecule has 1 aliphatic carbocycles. The summed E-state index contributed by atoms with van der Waals surface area (Å²) in [5.74, 6) is -0.583. The summed E-state index contributed by atoms with van der Waals surface area (Å²) < 4.78 is 27.4. The molecule has 0 bridgehead atoms. The van der Waals surface area contributed by atoms with E-state index < -0.39 is 0 Å². The number of hydrogen-bond donors (Lipinski definition) is 0. The fraction of sp³-hybridized carbons (Fsp3) is 0.227. The van der Waals surface area contributed by atoms with Crippen LogP contribution in [0.2, 0.25) is 0 Å². The molecule has 1 nitrogen and oxygen atoms in total. The largest absolute Gasteiger partial charge is 0.289 e. The molecule has 0 heterocycles. The molecule has 0 spiro atoms. The van der Waals surface area contributed by atoms with Crippen LogP contribution in [0.4, 0.5) is 8.78 Å². The van der Waals surface area contributed by atoms with Gasteiger partial charge in [-0.05, 0) is 79.6 Å². The molecule has 0 amide bonds. The number of hydrogen-bond acceptors (Lipinski definition) is 1. The van der Waals surface area contributed by atoms with Crippen molar-refractivity contribution < 1.29 is 13.6 Å².